The Labute approximate surface area is 215 Å². The van der Waals surface area contributed by atoms with Crippen molar-refractivity contribution in [1.82, 2.24) is 0 Å². The van der Waals surface area contributed by atoms with E-state index in [1.54, 1.807) is 61.7 Å². The van der Waals surface area contributed by atoms with E-state index in [1.165, 1.54) is 41.6 Å². The highest BCUT2D eigenvalue weighted by atomic mass is 16.5. The van der Waals surface area contributed by atoms with Gasteiger partial charge in [0.1, 0.15) is 5.75 Å². The van der Waals surface area contributed by atoms with E-state index in [0.29, 0.717) is 51.3 Å². The summed E-state index contributed by atoms with van der Waals surface area (Å²) in [4.78, 5) is 26.0. The van der Waals surface area contributed by atoms with Gasteiger partial charge in [-0.3, -0.25) is 9.59 Å². The van der Waals surface area contributed by atoms with Crippen molar-refractivity contribution in [3.8, 4) is 34.5 Å². The van der Waals surface area contributed by atoms with Gasteiger partial charge in [-0.05, 0) is 54.1 Å². The molecular formula is C28H29NO8. The minimum atomic E-state index is -0.412. The van der Waals surface area contributed by atoms with Gasteiger partial charge in [0.05, 0.1) is 48.3 Å². The number of methoxy groups -OCH3 is 6. The average molecular weight is 508 g/mol. The van der Waals surface area contributed by atoms with Gasteiger partial charge in [-0.15, -0.1) is 0 Å². The summed E-state index contributed by atoms with van der Waals surface area (Å²) in [6.45, 7) is 0. The summed E-state index contributed by atoms with van der Waals surface area (Å²) in [5.41, 5.74) is 1.73. The summed E-state index contributed by atoms with van der Waals surface area (Å²) in [7, 11) is 9.00. The number of ketones is 1. The van der Waals surface area contributed by atoms with Crippen LogP contribution in [0.1, 0.15) is 21.5 Å². The summed E-state index contributed by atoms with van der Waals surface area (Å²) in [5.74, 6) is 1.90. The van der Waals surface area contributed by atoms with Gasteiger partial charge in [0.25, 0.3) is 0 Å². The van der Waals surface area contributed by atoms with E-state index in [1.807, 2.05) is 0 Å². The third-order valence-corrected chi connectivity index (χ3v) is 5.48. The van der Waals surface area contributed by atoms with E-state index < -0.39 is 5.91 Å². The first-order valence-electron chi connectivity index (χ1n) is 11.1. The molecule has 0 heterocycles. The number of carbonyl (C=O) groups excluding carboxylic acids is 2. The Morgan fingerprint density at radius 2 is 1.22 bits per heavy atom. The highest BCUT2D eigenvalue weighted by Gasteiger charge is 2.19. The van der Waals surface area contributed by atoms with Crippen LogP contribution in [-0.2, 0) is 4.79 Å². The van der Waals surface area contributed by atoms with Crippen LogP contribution in [0, 0.1) is 0 Å². The minimum absolute atomic E-state index is 0.307. The molecule has 0 bridgehead atoms. The fourth-order valence-corrected chi connectivity index (χ4v) is 3.63. The molecule has 1 amide bonds. The van der Waals surface area contributed by atoms with Gasteiger partial charge < -0.3 is 33.7 Å². The van der Waals surface area contributed by atoms with Gasteiger partial charge in [-0.1, -0.05) is 6.07 Å². The molecule has 0 radical (unpaired) electrons. The van der Waals surface area contributed by atoms with E-state index in [-0.39, 0.29) is 5.78 Å². The van der Waals surface area contributed by atoms with Crippen LogP contribution < -0.4 is 33.7 Å². The normalized spacial score (nSPS) is 10.5. The lowest BCUT2D eigenvalue weighted by molar-refractivity contribution is -0.111. The number of hydrogen-bond donors (Lipinski definition) is 1. The first kappa shape index (κ1) is 26.9. The number of carbonyl (C=O) groups is 2. The fourth-order valence-electron chi connectivity index (χ4n) is 3.63. The minimum Gasteiger partial charge on any atom is -0.495 e. The van der Waals surface area contributed by atoms with Crippen LogP contribution in [0.2, 0.25) is 0 Å². The number of ether oxygens (including phenoxy) is 6. The van der Waals surface area contributed by atoms with Crippen LogP contribution in [-0.4, -0.2) is 54.3 Å². The van der Waals surface area contributed by atoms with Crippen LogP contribution in [0.3, 0.4) is 0 Å². The molecule has 0 unspecified atom stereocenters. The molecule has 0 aliphatic rings. The molecule has 3 rings (SSSR count). The first-order chi connectivity index (χ1) is 17.9. The van der Waals surface area contributed by atoms with E-state index in [9.17, 15) is 9.59 Å². The zero-order chi connectivity index (χ0) is 26.9. The first-order valence-corrected chi connectivity index (χ1v) is 11.1. The topological polar surface area (TPSA) is 102 Å². The fraction of sp³-hybridized carbons (Fsp3) is 0.214. The molecule has 194 valence electrons. The molecule has 3 aromatic carbocycles. The summed E-state index contributed by atoms with van der Waals surface area (Å²) in [5, 5.41) is 2.76. The van der Waals surface area contributed by atoms with Crippen molar-refractivity contribution in [3.63, 3.8) is 0 Å². The van der Waals surface area contributed by atoms with Gasteiger partial charge in [-0.2, -0.15) is 0 Å². The maximum atomic E-state index is 13.3. The third-order valence-electron chi connectivity index (χ3n) is 5.48. The lowest BCUT2D eigenvalue weighted by Crippen LogP contribution is -2.11. The quantitative estimate of drug-likeness (QED) is 0.296. The maximum Gasteiger partial charge on any atom is 0.248 e. The van der Waals surface area contributed by atoms with Gasteiger partial charge in [0.15, 0.2) is 28.8 Å². The Kier molecular flexibility index (Phi) is 8.99. The summed E-state index contributed by atoms with van der Waals surface area (Å²) in [6.07, 6.45) is 3.00. The van der Waals surface area contributed by atoms with Gasteiger partial charge >= 0.3 is 0 Å². The van der Waals surface area contributed by atoms with E-state index >= 15 is 0 Å². The highest BCUT2D eigenvalue weighted by Crippen LogP contribution is 2.39. The number of nitrogens with one attached hydrogen (secondary N) is 1. The molecule has 9 heteroatoms. The van der Waals surface area contributed by atoms with Crippen molar-refractivity contribution in [2.45, 2.75) is 0 Å². The molecule has 0 aliphatic carbocycles. The van der Waals surface area contributed by atoms with Gasteiger partial charge in [-0.25, -0.2) is 0 Å². The molecule has 37 heavy (non-hydrogen) atoms. The molecule has 0 saturated heterocycles. The van der Waals surface area contributed by atoms with Gasteiger partial charge in [0, 0.05) is 17.2 Å². The second kappa shape index (κ2) is 12.3. The molecule has 0 aliphatic heterocycles. The molecular weight excluding hydrogens is 478 g/mol. The SMILES string of the molecule is COc1ccc(C(=O)c2cc(OC)c(OC)c(OC)c2)cc1NC(=O)/C=C/c1ccc(OC)c(OC)c1. The number of hydrogen-bond acceptors (Lipinski definition) is 8. The predicted octanol–water partition coefficient (Wildman–Crippen LogP) is 4.62. The standard InChI is InChI=1S/C28H29NO8/c1-32-21-11-9-18(27(31)19-15-24(35-4)28(37-6)25(16-19)36-5)14-20(21)29-26(30)12-8-17-7-10-22(33-2)23(13-17)34-3/h7-16H,1-6H3,(H,29,30)/b12-8+. The lowest BCUT2D eigenvalue weighted by Gasteiger charge is -2.14. The van der Waals surface area contributed by atoms with Crippen molar-refractivity contribution >= 4 is 23.5 Å². The molecule has 1 N–H and O–H groups in total. The second-order valence-electron chi connectivity index (χ2n) is 7.60. The maximum absolute atomic E-state index is 13.3. The number of rotatable bonds is 11. The molecule has 0 fully saturated rings. The summed E-state index contributed by atoms with van der Waals surface area (Å²) in [6, 6.07) is 13.2. The summed E-state index contributed by atoms with van der Waals surface area (Å²) < 4.78 is 31.9. The van der Waals surface area contributed by atoms with E-state index in [2.05, 4.69) is 5.32 Å². The number of anilines is 1. The Balaban J connectivity index is 1.86. The molecule has 9 nitrogen and oxygen atoms in total. The van der Waals surface area contributed by atoms with Crippen LogP contribution >= 0.6 is 0 Å². The van der Waals surface area contributed by atoms with E-state index in [4.69, 9.17) is 28.4 Å². The van der Waals surface area contributed by atoms with Crippen molar-refractivity contribution in [2.24, 2.45) is 0 Å². The third kappa shape index (κ3) is 6.13. The average Bonchev–Trinajstić information content (AvgIpc) is 2.94. The predicted molar refractivity (Wildman–Crippen MR) is 140 cm³/mol. The molecule has 3 aromatic rings. The second-order valence-corrected chi connectivity index (χ2v) is 7.60. The molecule has 0 atom stereocenters. The molecule has 0 saturated carbocycles. The van der Waals surface area contributed by atoms with Crippen molar-refractivity contribution in [2.75, 3.05) is 48.0 Å². The summed E-state index contributed by atoms with van der Waals surface area (Å²) >= 11 is 0. The van der Waals surface area contributed by atoms with Crippen molar-refractivity contribution in [3.05, 3.63) is 71.3 Å². The van der Waals surface area contributed by atoms with Crippen LogP contribution in [0.5, 0.6) is 34.5 Å². The Morgan fingerprint density at radius 1 is 0.622 bits per heavy atom. The zero-order valence-corrected chi connectivity index (χ0v) is 21.5. The number of amides is 1. The monoisotopic (exact) mass is 507 g/mol. The Morgan fingerprint density at radius 3 is 1.78 bits per heavy atom. The Bertz CT molecular complexity index is 1290. The highest BCUT2D eigenvalue weighted by molar-refractivity contribution is 6.11. The zero-order valence-electron chi connectivity index (χ0n) is 21.5. The molecule has 0 spiro atoms. The van der Waals surface area contributed by atoms with Gasteiger partial charge in [0.2, 0.25) is 11.7 Å². The molecule has 0 aromatic heterocycles. The number of benzene rings is 3. The Hall–Kier alpha value is -4.66. The van der Waals surface area contributed by atoms with Crippen molar-refractivity contribution in [1.29, 1.82) is 0 Å². The van der Waals surface area contributed by atoms with Crippen LogP contribution in [0.4, 0.5) is 5.69 Å². The smallest absolute Gasteiger partial charge is 0.248 e. The van der Waals surface area contributed by atoms with E-state index in [0.717, 1.165) is 5.56 Å². The van der Waals surface area contributed by atoms with Crippen LogP contribution in [0.15, 0.2) is 54.6 Å². The van der Waals surface area contributed by atoms with Crippen LogP contribution in [0.25, 0.3) is 6.08 Å². The van der Waals surface area contributed by atoms with Crippen molar-refractivity contribution < 1.29 is 38.0 Å². The lowest BCUT2D eigenvalue weighted by atomic mass is 10.0. The largest absolute Gasteiger partial charge is 0.495 e.